The Kier molecular flexibility index (Phi) is 4.92. The summed E-state index contributed by atoms with van der Waals surface area (Å²) in [6, 6.07) is 5.52. The summed E-state index contributed by atoms with van der Waals surface area (Å²) in [5.41, 5.74) is 1.47. The molecule has 1 amide bonds. The Labute approximate surface area is 146 Å². The van der Waals surface area contributed by atoms with Gasteiger partial charge >= 0.3 is 5.69 Å². The lowest BCUT2D eigenvalue weighted by Crippen LogP contribution is -2.38. The summed E-state index contributed by atoms with van der Waals surface area (Å²) >= 11 is 0. The number of H-pyrrole nitrogens is 1. The molecule has 0 bridgehead atoms. The zero-order chi connectivity index (χ0) is 18.0. The summed E-state index contributed by atoms with van der Waals surface area (Å²) in [6.45, 7) is 5.80. The number of rotatable bonds is 4. The largest absolute Gasteiger partial charge is 0.497 e. The van der Waals surface area contributed by atoms with E-state index < -0.39 is 0 Å². The Morgan fingerprint density at radius 3 is 2.68 bits per heavy atom. The average Bonchev–Trinajstić information content (AvgIpc) is 3.01. The molecule has 134 valence electrons. The van der Waals surface area contributed by atoms with Gasteiger partial charge < -0.3 is 9.64 Å². The third kappa shape index (κ3) is 3.31. The molecule has 2 heterocycles. The lowest BCUT2D eigenvalue weighted by molar-refractivity contribution is 0.0709. The van der Waals surface area contributed by atoms with Crippen LogP contribution in [-0.4, -0.2) is 45.8 Å². The maximum absolute atomic E-state index is 12.8. The molecule has 25 heavy (non-hydrogen) atoms. The second-order valence-electron chi connectivity index (χ2n) is 6.38. The van der Waals surface area contributed by atoms with Gasteiger partial charge in [0.05, 0.1) is 7.11 Å². The Morgan fingerprint density at radius 2 is 2.08 bits per heavy atom. The second kappa shape index (κ2) is 7.13. The maximum atomic E-state index is 12.8. The number of hydrogen-bond donors (Lipinski definition) is 1. The van der Waals surface area contributed by atoms with Crippen molar-refractivity contribution < 1.29 is 9.53 Å². The van der Waals surface area contributed by atoms with Crippen molar-refractivity contribution in [3.63, 3.8) is 0 Å². The fourth-order valence-corrected chi connectivity index (χ4v) is 3.46. The SMILES string of the molecule is CCn1c(C2CCN(C(=O)c3ccc(OC)cc3C)CC2)n[nH]c1=O. The van der Waals surface area contributed by atoms with E-state index in [1.54, 1.807) is 11.7 Å². The van der Waals surface area contributed by atoms with E-state index in [2.05, 4.69) is 10.2 Å². The van der Waals surface area contributed by atoms with E-state index in [0.717, 1.165) is 30.0 Å². The zero-order valence-corrected chi connectivity index (χ0v) is 14.9. The van der Waals surface area contributed by atoms with Gasteiger partial charge in [-0.15, -0.1) is 0 Å². The highest BCUT2D eigenvalue weighted by Crippen LogP contribution is 2.27. The van der Waals surface area contributed by atoms with Crippen molar-refractivity contribution in [2.45, 2.75) is 39.2 Å². The number of amides is 1. The first-order chi connectivity index (χ1) is 12.0. The summed E-state index contributed by atoms with van der Waals surface area (Å²) < 4.78 is 6.88. The van der Waals surface area contributed by atoms with Gasteiger partial charge in [-0.05, 0) is 50.5 Å². The van der Waals surface area contributed by atoms with Crippen LogP contribution in [0.3, 0.4) is 0 Å². The number of aromatic nitrogens is 3. The minimum absolute atomic E-state index is 0.0495. The highest BCUT2D eigenvalue weighted by molar-refractivity contribution is 5.95. The Bertz CT molecular complexity index is 816. The molecule has 1 aliphatic rings. The van der Waals surface area contributed by atoms with Gasteiger partial charge in [0.1, 0.15) is 11.6 Å². The van der Waals surface area contributed by atoms with Crippen molar-refractivity contribution in [2.75, 3.05) is 20.2 Å². The predicted octanol–water partition coefficient (Wildman–Crippen LogP) is 1.93. The number of carbonyl (C=O) groups excluding carboxylic acids is 1. The van der Waals surface area contributed by atoms with Gasteiger partial charge in [0.15, 0.2) is 0 Å². The van der Waals surface area contributed by atoms with Gasteiger partial charge in [0.2, 0.25) is 0 Å². The van der Waals surface area contributed by atoms with Crippen LogP contribution in [0.15, 0.2) is 23.0 Å². The molecule has 1 aromatic heterocycles. The topological polar surface area (TPSA) is 80.2 Å². The third-order valence-electron chi connectivity index (χ3n) is 4.92. The second-order valence-corrected chi connectivity index (χ2v) is 6.38. The van der Waals surface area contributed by atoms with E-state index in [0.29, 0.717) is 25.2 Å². The van der Waals surface area contributed by atoms with Gasteiger partial charge in [-0.2, -0.15) is 5.10 Å². The van der Waals surface area contributed by atoms with Crippen molar-refractivity contribution in [1.82, 2.24) is 19.7 Å². The quantitative estimate of drug-likeness (QED) is 0.919. The van der Waals surface area contributed by atoms with Crippen molar-refractivity contribution in [2.24, 2.45) is 0 Å². The zero-order valence-electron chi connectivity index (χ0n) is 14.9. The molecule has 0 radical (unpaired) electrons. The molecule has 1 aromatic carbocycles. The molecule has 0 aliphatic carbocycles. The maximum Gasteiger partial charge on any atom is 0.343 e. The van der Waals surface area contributed by atoms with Crippen molar-refractivity contribution in [1.29, 1.82) is 0 Å². The number of likely N-dealkylation sites (tertiary alicyclic amines) is 1. The summed E-state index contributed by atoms with van der Waals surface area (Å²) in [5.74, 6) is 1.82. The van der Waals surface area contributed by atoms with Crippen LogP contribution < -0.4 is 10.4 Å². The fraction of sp³-hybridized carbons (Fsp3) is 0.500. The van der Waals surface area contributed by atoms with Gasteiger partial charge in [-0.25, -0.2) is 9.89 Å². The Morgan fingerprint density at radius 1 is 1.36 bits per heavy atom. The standard InChI is InChI=1S/C18H24N4O3/c1-4-22-16(19-20-18(22)24)13-7-9-21(10-8-13)17(23)15-6-5-14(25-3)11-12(15)2/h5-6,11,13H,4,7-10H2,1-3H3,(H,20,24). The monoisotopic (exact) mass is 344 g/mol. The van der Waals surface area contributed by atoms with Crippen LogP contribution in [-0.2, 0) is 6.54 Å². The van der Waals surface area contributed by atoms with Crippen molar-refractivity contribution >= 4 is 5.91 Å². The number of ether oxygens (including phenoxy) is 1. The van der Waals surface area contributed by atoms with Crippen LogP contribution in [0, 0.1) is 6.92 Å². The fourth-order valence-electron chi connectivity index (χ4n) is 3.46. The van der Waals surface area contributed by atoms with Crippen molar-refractivity contribution in [3.05, 3.63) is 45.6 Å². The molecule has 1 fully saturated rings. The summed E-state index contributed by atoms with van der Waals surface area (Å²) in [6.07, 6.45) is 1.62. The van der Waals surface area contributed by atoms with E-state index in [1.807, 2.05) is 36.9 Å². The minimum atomic E-state index is -0.162. The van der Waals surface area contributed by atoms with Crippen LogP contribution in [0.25, 0.3) is 0 Å². The number of aromatic amines is 1. The Balaban J connectivity index is 1.69. The van der Waals surface area contributed by atoms with Crippen LogP contribution in [0.4, 0.5) is 0 Å². The summed E-state index contributed by atoms with van der Waals surface area (Å²) in [5, 5.41) is 6.71. The first-order valence-electron chi connectivity index (χ1n) is 8.64. The first kappa shape index (κ1) is 17.3. The van der Waals surface area contributed by atoms with Crippen LogP contribution in [0.2, 0.25) is 0 Å². The number of carbonyl (C=O) groups is 1. The van der Waals surface area contributed by atoms with Crippen LogP contribution >= 0.6 is 0 Å². The van der Waals surface area contributed by atoms with Gasteiger partial charge in [-0.3, -0.25) is 9.36 Å². The summed E-state index contributed by atoms with van der Waals surface area (Å²) in [7, 11) is 1.62. The predicted molar refractivity (Wildman–Crippen MR) is 94.1 cm³/mol. The van der Waals surface area contributed by atoms with Gasteiger partial charge in [-0.1, -0.05) is 0 Å². The molecular weight excluding hydrogens is 320 g/mol. The van der Waals surface area contributed by atoms with E-state index in [4.69, 9.17) is 4.74 Å². The molecule has 7 nitrogen and oxygen atoms in total. The summed E-state index contributed by atoms with van der Waals surface area (Å²) in [4.78, 5) is 26.4. The molecule has 1 saturated heterocycles. The third-order valence-corrected chi connectivity index (χ3v) is 4.92. The number of nitrogens with one attached hydrogen (secondary N) is 1. The minimum Gasteiger partial charge on any atom is -0.497 e. The van der Waals surface area contributed by atoms with Crippen LogP contribution in [0.5, 0.6) is 5.75 Å². The number of hydrogen-bond acceptors (Lipinski definition) is 4. The van der Waals surface area contributed by atoms with E-state index in [9.17, 15) is 9.59 Å². The first-order valence-corrected chi connectivity index (χ1v) is 8.64. The van der Waals surface area contributed by atoms with E-state index in [-0.39, 0.29) is 17.5 Å². The normalized spacial score (nSPS) is 15.4. The smallest absolute Gasteiger partial charge is 0.343 e. The van der Waals surface area contributed by atoms with E-state index in [1.165, 1.54) is 0 Å². The number of piperidine rings is 1. The molecule has 1 N–H and O–H groups in total. The highest BCUT2D eigenvalue weighted by atomic mass is 16.5. The number of nitrogens with zero attached hydrogens (tertiary/aromatic N) is 3. The lowest BCUT2D eigenvalue weighted by atomic mass is 9.95. The molecule has 0 saturated carbocycles. The van der Waals surface area contributed by atoms with Gasteiger partial charge in [0, 0.05) is 31.1 Å². The van der Waals surface area contributed by atoms with E-state index >= 15 is 0 Å². The lowest BCUT2D eigenvalue weighted by Gasteiger charge is -2.32. The molecular formula is C18H24N4O3. The molecule has 1 aliphatic heterocycles. The molecule has 0 unspecified atom stereocenters. The highest BCUT2D eigenvalue weighted by Gasteiger charge is 2.28. The molecule has 3 rings (SSSR count). The number of methoxy groups -OCH3 is 1. The number of aryl methyl sites for hydroxylation is 1. The average molecular weight is 344 g/mol. The van der Waals surface area contributed by atoms with Crippen molar-refractivity contribution in [3.8, 4) is 5.75 Å². The number of benzene rings is 1. The van der Waals surface area contributed by atoms with Crippen LogP contribution in [0.1, 0.15) is 47.4 Å². The molecule has 2 aromatic rings. The Hall–Kier alpha value is -2.57. The molecule has 0 atom stereocenters. The molecule has 7 heteroatoms. The molecule has 0 spiro atoms. The van der Waals surface area contributed by atoms with Gasteiger partial charge in [0.25, 0.3) is 5.91 Å².